The lowest BCUT2D eigenvalue weighted by atomic mass is 10.1. The third-order valence-corrected chi connectivity index (χ3v) is 6.49. The van der Waals surface area contributed by atoms with Crippen LogP contribution in [0.2, 0.25) is 0 Å². The molecule has 1 N–H and O–H groups in total. The van der Waals surface area contributed by atoms with Crippen molar-refractivity contribution in [1.82, 2.24) is 0 Å². The maximum Gasteiger partial charge on any atom is 0.361 e. The van der Waals surface area contributed by atoms with Crippen LogP contribution in [0, 0.1) is 0 Å². The van der Waals surface area contributed by atoms with Gasteiger partial charge in [0.2, 0.25) is 0 Å². The predicted molar refractivity (Wildman–Crippen MR) is 107 cm³/mol. The van der Waals surface area contributed by atoms with Gasteiger partial charge in [0.05, 0.1) is 23.3 Å². The summed E-state index contributed by atoms with van der Waals surface area (Å²) in [7, 11) is -4.22. The summed E-state index contributed by atoms with van der Waals surface area (Å²) in [5, 5.41) is 0. The molecule has 0 bridgehead atoms. The summed E-state index contributed by atoms with van der Waals surface area (Å²) in [5.74, 6) is 1.35. The second-order valence-corrected chi connectivity index (χ2v) is 8.63. The van der Waals surface area contributed by atoms with E-state index in [-0.39, 0.29) is 4.21 Å². The first-order chi connectivity index (χ1) is 13.0. The third-order valence-electron chi connectivity index (χ3n) is 4.03. The highest BCUT2D eigenvalue weighted by molar-refractivity contribution is 7.88. The Morgan fingerprint density at radius 2 is 1.22 bits per heavy atom. The minimum Gasteiger partial charge on any atom is -0.281 e. The van der Waals surface area contributed by atoms with E-state index < -0.39 is 10.1 Å². The lowest BCUT2D eigenvalue weighted by Gasteiger charge is -2.00. The summed E-state index contributed by atoms with van der Waals surface area (Å²) in [6, 6.07) is 26.3. The van der Waals surface area contributed by atoms with Crippen LogP contribution in [0.15, 0.2) is 93.6 Å². The molecular formula is C21H15O4S2+. The largest absolute Gasteiger partial charge is 0.361 e. The first-order valence-corrected chi connectivity index (χ1v) is 10.4. The molecule has 2 heterocycles. The molecule has 0 aliphatic carbocycles. The van der Waals surface area contributed by atoms with Gasteiger partial charge in [-0.15, -0.1) is 11.3 Å². The number of thiophene rings is 1. The lowest BCUT2D eigenvalue weighted by molar-refractivity contribution is 0.485. The minimum atomic E-state index is -4.22. The van der Waals surface area contributed by atoms with E-state index in [1.165, 1.54) is 6.07 Å². The molecule has 2 aromatic heterocycles. The van der Waals surface area contributed by atoms with Crippen molar-refractivity contribution in [3.8, 4) is 33.1 Å². The molecule has 0 amide bonds. The summed E-state index contributed by atoms with van der Waals surface area (Å²) in [6.07, 6.45) is 0. The van der Waals surface area contributed by atoms with Crippen LogP contribution in [0.1, 0.15) is 0 Å². The SMILES string of the molecule is O=S(=O)(O)c1ccc(-c2cc(-c3ccccc3)[o+]c(-c3ccccc3)c2)s1. The molecule has 0 saturated heterocycles. The van der Waals surface area contributed by atoms with Gasteiger partial charge in [-0.2, -0.15) is 8.42 Å². The Balaban J connectivity index is 1.90. The van der Waals surface area contributed by atoms with Crippen molar-refractivity contribution < 1.29 is 17.4 Å². The Bertz CT molecular complexity index is 1120. The Morgan fingerprint density at radius 1 is 0.704 bits per heavy atom. The summed E-state index contributed by atoms with van der Waals surface area (Å²) in [5.41, 5.74) is 2.66. The van der Waals surface area contributed by atoms with Crippen LogP contribution in [0.4, 0.5) is 0 Å². The molecule has 4 rings (SSSR count). The maximum absolute atomic E-state index is 11.4. The van der Waals surface area contributed by atoms with Crippen molar-refractivity contribution in [3.05, 3.63) is 84.9 Å². The van der Waals surface area contributed by atoms with E-state index in [1.54, 1.807) is 6.07 Å². The van der Waals surface area contributed by atoms with Gasteiger partial charge in [0.1, 0.15) is 4.21 Å². The first kappa shape index (κ1) is 17.6. The van der Waals surface area contributed by atoms with Crippen LogP contribution in [-0.4, -0.2) is 13.0 Å². The predicted octanol–water partition coefficient (Wildman–Crippen LogP) is 5.87. The Hall–Kier alpha value is -2.80. The second kappa shape index (κ2) is 7.08. The summed E-state index contributed by atoms with van der Waals surface area (Å²) < 4.78 is 38.1. The first-order valence-electron chi connectivity index (χ1n) is 8.17. The summed E-state index contributed by atoms with van der Waals surface area (Å²) in [6.45, 7) is 0. The fourth-order valence-corrected chi connectivity index (χ4v) is 4.40. The van der Waals surface area contributed by atoms with Crippen molar-refractivity contribution in [2.24, 2.45) is 0 Å². The molecule has 4 aromatic rings. The van der Waals surface area contributed by atoms with Gasteiger partial charge in [-0.1, -0.05) is 36.4 Å². The van der Waals surface area contributed by atoms with E-state index >= 15 is 0 Å². The van der Waals surface area contributed by atoms with Gasteiger partial charge < -0.3 is 0 Å². The topological polar surface area (TPSA) is 65.7 Å². The fourth-order valence-electron chi connectivity index (χ4n) is 2.75. The molecule has 0 aliphatic heterocycles. The zero-order valence-electron chi connectivity index (χ0n) is 14.1. The monoisotopic (exact) mass is 395 g/mol. The lowest BCUT2D eigenvalue weighted by Crippen LogP contribution is -1.93. The molecule has 0 spiro atoms. The van der Waals surface area contributed by atoms with Gasteiger partial charge in [0.25, 0.3) is 0 Å². The number of rotatable bonds is 4. The van der Waals surface area contributed by atoms with Crippen molar-refractivity contribution >= 4 is 21.5 Å². The highest BCUT2D eigenvalue weighted by atomic mass is 32.3. The summed E-state index contributed by atoms with van der Waals surface area (Å²) in [4.78, 5) is 0.729. The van der Waals surface area contributed by atoms with E-state index in [0.717, 1.165) is 32.9 Å². The zero-order chi connectivity index (χ0) is 18.9. The van der Waals surface area contributed by atoms with Crippen LogP contribution in [0.5, 0.6) is 0 Å². The second-order valence-electron chi connectivity index (χ2n) is 5.90. The molecule has 0 saturated carbocycles. The van der Waals surface area contributed by atoms with E-state index in [0.29, 0.717) is 11.5 Å². The molecule has 134 valence electrons. The zero-order valence-corrected chi connectivity index (χ0v) is 15.7. The van der Waals surface area contributed by atoms with E-state index in [9.17, 15) is 13.0 Å². The van der Waals surface area contributed by atoms with Gasteiger partial charge in [-0.25, -0.2) is 4.42 Å². The van der Waals surface area contributed by atoms with E-state index in [2.05, 4.69) is 0 Å². The Morgan fingerprint density at radius 3 is 1.67 bits per heavy atom. The molecule has 2 aromatic carbocycles. The molecule has 4 nitrogen and oxygen atoms in total. The van der Waals surface area contributed by atoms with Crippen molar-refractivity contribution in [2.45, 2.75) is 4.21 Å². The van der Waals surface area contributed by atoms with Gasteiger partial charge in [0, 0.05) is 10.4 Å². The maximum atomic E-state index is 11.4. The van der Waals surface area contributed by atoms with E-state index in [4.69, 9.17) is 4.42 Å². The highest BCUT2D eigenvalue weighted by Crippen LogP contribution is 2.36. The molecule has 0 radical (unpaired) electrons. The van der Waals surface area contributed by atoms with Gasteiger partial charge in [-0.3, -0.25) is 4.55 Å². The van der Waals surface area contributed by atoms with Crippen LogP contribution in [0.3, 0.4) is 0 Å². The quantitative estimate of drug-likeness (QED) is 0.347. The Kier molecular flexibility index (Phi) is 4.61. The smallest absolute Gasteiger partial charge is 0.281 e. The van der Waals surface area contributed by atoms with Crippen LogP contribution in [0.25, 0.3) is 33.1 Å². The normalized spacial score (nSPS) is 11.4. The fraction of sp³-hybridized carbons (Fsp3) is 0. The van der Waals surface area contributed by atoms with Crippen LogP contribution >= 0.6 is 11.3 Å². The van der Waals surface area contributed by atoms with Gasteiger partial charge >= 0.3 is 21.6 Å². The molecule has 0 atom stereocenters. The number of benzene rings is 2. The van der Waals surface area contributed by atoms with Crippen molar-refractivity contribution in [3.63, 3.8) is 0 Å². The average Bonchev–Trinajstić information content (AvgIpc) is 3.20. The van der Waals surface area contributed by atoms with Gasteiger partial charge in [-0.05, 0) is 36.4 Å². The molecule has 0 unspecified atom stereocenters. The third kappa shape index (κ3) is 3.83. The van der Waals surface area contributed by atoms with Crippen molar-refractivity contribution in [2.75, 3.05) is 0 Å². The average molecular weight is 395 g/mol. The number of hydrogen-bond acceptors (Lipinski definition) is 3. The van der Waals surface area contributed by atoms with Crippen LogP contribution < -0.4 is 0 Å². The number of hydrogen-bond donors (Lipinski definition) is 1. The Labute approximate surface area is 161 Å². The molecule has 0 fully saturated rings. The molecule has 6 heteroatoms. The highest BCUT2D eigenvalue weighted by Gasteiger charge is 2.22. The van der Waals surface area contributed by atoms with E-state index in [1.807, 2.05) is 72.8 Å². The van der Waals surface area contributed by atoms with Crippen molar-refractivity contribution in [1.29, 1.82) is 0 Å². The molecule has 0 aliphatic rings. The minimum absolute atomic E-state index is 0.0826. The standard InChI is InChI=1S/C21H14O4S2/c22-27(23,24)21-12-11-20(26-21)17-13-18(15-7-3-1-4-8-15)25-19(14-17)16-9-5-2-6-10-16/h1-14H/p+1. The molecule has 27 heavy (non-hydrogen) atoms. The van der Waals surface area contributed by atoms with Gasteiger partial charge in [0.15, 0.2) is 0 Å². The molecular weight excluding hydrogens is 380 g/mol. The van der Waals surface area contributed by atoms with Crippen LogP contribution in [-0.2, 0) is 10.1 Å². The summed E-state index contributed by atoms with van der Waals surface area (Å²) >= 11 is 1.02.